The van der Waals surface area contributed by atoms with E-state index in [0.29, 0.717) is 5.02 Å². The number of nitrogens with zero attached hydrogens (tertiary/aromatic N) is 2. The summed E-state index contributed by atoms with van der Waals surface area (Å²) in [5, 5.41) is 0.680. The van der Waals surface area contributed by atoms with Gasteiger partial charge in [0.2, 0.25) is 5.91 Å². The van der Waals surface area contributed by atoms with Crippen LogP contribution in [0.3, 0.4) is 0 Å². The van der Waals surface area contributed by atoms with Gasteiger partial charge in [-0.15, -0.1) is 0 Å². The van der Waals surface area contributed by atoms with Crippen LogP contribution < -0.4 is 4.90 Å². The van der Waals surface area contributed by atoms with Gasteiger partial charge < -0.3 is 0 Å². The number of fused-ring (bicyclic) bond motifs is 1. The first-order chi connectivity index (χ1) is 11.1. The van der Waals surface area contributed by atoms with Crippen LogP contribution in [0.2, 0.25) is 5.02 Å². The molecule has 0 saturated carbocycles. The van der Waals surface area contributed by atoms with E-state index in [1.54, 1.807) is 0 Å². The van der Waals surface area contributed by atoms with Crippen LogP contribution in [0.25, 0.3) is 0 Å². The van der Waals surface area contributed by atoms with Gasteiger partial charge in [-0.25, -0.2) is 0 Å². The fraction of sp³-hybridized carbons (Fsp3) is 0.278. The zero-order valence-electron chi connectivity index (χ0n) is 12.5. The van der Waals surface area contributed by atoms with Gasteiger partial charge in [0.05, 0.1) is 6.04 Å². The molecule has 2 heterocycles. The lowest BCUT2D eigenvalue weighted by Crippen LogP contribution is -2.32. The van der Waals surface area contributed by atoms with E-state index in [2.05, 4.69) is 33.0 Å². The molecule has 0 bridgehead atoms. The quantitative estimate of drug-likeness (QED) is 0.746. The Balaban J connectivity index is 1.81. The molecule has 2 atom stereocenters. The highest BCUT2D eigenvalue weighted by molar-refractivity contribution is 9.10. The van der Waals surface area contributed by atoms with Crippen molar-refractivity contribution < 1.29 is 4.79 Å². The molecule has 2 aromatic carbocycles. The largest absolute Gasteiger partial charge is 0.291 e. The van der Waals surface area contributed by atoms with Crippen LogP contribution >= 0.6 is 27.5 Å². The Morgan fingerprint density at radius 1 is 1.13 bits per heavy atom. The molecule has 3 nitrogen and oxygen atoms in total. The van der Waals surface area contributed by atoms with Crippen LogP contribution in [0.15, 0.2) is 53.0 Å². The maximum absolute atomic E-state index is 13.0. The maximum atomic E-state index is 13.0. The monoisotopic (exact) mass is 390 g/mol. The highest BCUT2D eigenvalue weighted by atomic mass is 79.9. The highest BCUT2D eigenvalue weighted by Gasteiger charge is 2.49. The van der Waals surface area contributed by atoms with Gasteiger partial charge in [-0.05, 0) is 54.8 Å². The summed E-state index contributed by atoms with van der Waals surface area (Å²) in [6.07, 6.45) is 1.97. The summed E-state index contributed by atoms with van der Waals surface area (Å²) in [4.78, 5) is 17.2. The summed E-state index contributed by atoms with van der Waals surface area (Å²) < 4.78 is 1.03. The van der Waals surface area contributed by atoms with E-state index in [1.165, 1.54) is 0 Å². The molecule has 4 rings (SSSR count). The average Bonchev–Trinajstić information content (AvgIpc) is 3.11. The van der Waals surface area contributed by atoms with E-state index in [1.807, 2.05) is 41.3 Å². The molecule has 2 saturated heterocycles. The van der Waals surface area contributed by atoms with Gasteiger partial charge in [-0.1, -0.05) is 39.7 Å². The normalized spacial score (nSPS) is 24.3. The number of benzene rings is 2. The second kappa shape index (κ2) is 5.93. The minimum Gasteiger partial charge on any atom is -0.291 e. The van der Waals surface area contributed by atoms with Crippen molar-refractivity contribution >= 4 is 39.1 Å². The summed E-state index contributed by atoms with van der Waals surface area (Å²) in [7, 11) is 0. The Kier molecular flexibility index (Phi) is 3.92. The lowest BCUT2D eigenvalue weighted by molar-refractivity contribution is -0.119. The summed E-state index contributed by atoms with van der Waals surface area (Å²) in [6.45, 7) is 0.956. The fourth-order valence-electron chi connectivity index (χ4n) is 3.65. The van der Waals surface area contributed by atoms with E-state index >= 15 is 0 Å². The minimum absolute atomic E-state index is 0.00494. The van der Waals surface area contributed by atoms with Crippen molar-refractivity contribution in [3.8, 4) is 0 Å². The first-order valence-electron chi connectivity index (χ1n) is 7.75. The van der Waals surface area contributed by atoms with Crippen molar-refractivity contribution in [1.82, 2.24) is 4.90 Å². The van der Waals surface area contributed by atoms with Crippen molar-refractivity contribution in [3.63, 3.8) is 0 Å². The summed E-state index contributed by atoms with van der Waals surface area (Å²) >= 11 is 9.55. The predicted octanol–water partition coefficient (Wildman–Crippen LogP) is 4.61. The van der Waals surface area contributed by atoms with Crippen LogP contribution in [-0.4, -0.2) is 23.4 Å². The van der Waals surface area contributed by atoms with Crippen LogP contribution in [0.1, 0.15) is 24.6 Å². The van der Waals surface area contributed by atoms with E-state index < -0.39 is 0 Å². The lowest BCUT2D eigenvalue weighted by Gasteiger charge is -2.30. The van der Waals surface area contributed by atoms with Crippen molar-refractivity contribution in [1.29, 1.82) is 0 Å². The third kappa shape index (κ3) is 2.59. The topological polar surface area (TPSA) is 23.6 Å². The Hall–Kier alpha value is -1.36. The van der Waals surface area contributed by atoms with Gasteiger partial charge in [0, 0.05) is 21.7 Å². The third-order valence-corrected chi connectivity index (χ3v) is 5.37. The molecule has 118 valence electrons. The first-order valence-corrected chi connectivity index (χ1v) is 8.92. The van der Waals surface area contributed by atoms with Gasteiger partial charge in [-0.3, -0.25) is 14.6 Å². The van der Waals surface area contributed by atoms with Crippen molar-refractivity contribution in [2.45, 2.75) is 25.0 Å². The maximum Gasteiger partial charge on any atom is 0.246 e. The second-order valence-electron chi connectivity index (χ2n) is 6.01. The van der Waals surface area contributed by atoms with E-state index in [0.717, 1.165) is 35.1 Å². The molecule has 2 aliphatic heterocycles. The van der Waals surface area contributed by atoms with Gasteiger partial charge in [0.25, 0.3) is 0 Å². The number of carbonyl (C=O) groups excluding carboxylic acids is 1. The van der Waals surface area contributed by atoms with E-state index in [9.17, 15) is 4.79 Å². The van der Waals surface area contributed by atoms with Gasteiger partial charge in [0.1, 0.15) is 6.17 Å². The summed E-state index contributed by atoms with van der Waals surface area (Å²) in [6, 6.07) is 15.7. The van der Waals surface area contributed by atoms with Crippen molar-refractivity contribution in [3.05, 3.63) is 63.6 Å². The Bertz CT molecular complexity index is 749. The standard InChI is InChI=1S/C18H16BrClN2O/c19-13-4-1-3-12(11-13)17-21-10-2-5-16(21)18(23)22(17)15-8-6-14(20)7-9-15/h1,3-4,6-9,11,16-17H,2,5,10H2. The Morgan fingerprint density at radius 3 is 2.65 bits per heavy atom. The van der Waals surface area contributed by atoms with E-state index in [4.69, 9.17) is 11.6 Å². The number of hydrogen-bond donors (Lipinski definition) is 0. The molecule has 2 aliphatic rings. The van der Waals surface area contributed by atoms with Gasteiger partial charge in [0.15, 0.2) is 0 Å². The van der Waals surface area contributed by atoms with Gasteiger partial charge in [-0.2, -0.15) is 0 Å². The van der Waals surface area contributed by atoms with Crippen molar-refractivity contribution in [2.24, 2.45) is 0 Å². The number of amides is 1. The molecule has 0 radical (unpaired) electrons. The van der Waals surface area contributed by atoms with Crippen LogP contribution in [0.5, 0.6) is 0 Å². The Morgan fingerprint density at radius 2 is 1.91 bits per heavy atom. The molecular formula is C18H16BrClN2O. The van der Waals surface area contributed by atoms with Crippen LogP contribution in [-0.2, 0) is 4.79 Å². The second-order valence-corrected chi connectivity index (χ2v) is 7.36. The van der Waals surface area contributed by atoms with Crippen molar-refractivity contribution in [2.75, 3.05) is 11.4 Å². The number of carbonyl (C=O) groups is 1. The summed E-state index contributed by atoms with van der Waals surface area (Å²) in [5.41, 5.74) is 2.03. The Labute approximate surface area is 149 Å². The van der Waals surface area contributed by atoms with Gasteiger partial charge >= 0.3 is 0 Å². The van der Waals surface area contributed by atoms with E-state index in [-0.39, 0.29) is 18.1 Å². The number of rotatable bonds is 2. The summed E-state index contributed by atoms with van der Waals surface area (Å²) in [5.74, 6) is 0.190. The molecule has 0 spiro atoms. The number of hydrogen-bond acceptors (Lipinski definition) is 2. The molecule has 2 fully saturated rings. The molecule has 2 unspecified atom stereocenters. The number of halogens is 2. The zero-order valence-corrected chi connectivity index (χ0v) is 14.8. The molecule has 23 heavy (non-hydrogen) atoms. The third-order valence-electron chi connectivity index (χ3n) is 4.63. The smallest absolute Gasteiger partial charge is 0.246 e. The average molecular weight is 392 g/mol. The zero-order chi connectivity index (χ0) is 16.0. The molecule has 5 heteroatoms. The SMILES string of the molecule is O=C1C2CCCN2C(c2cccc(Br)c2)N1c1ccc(Cl)cc1. The molecule has 0 aliphatic carbocycles. The predicted molar refractivity (Wildman–Crippen MR) is 95.5 cm³/mol. The molecule has 1 amide bonds. The molecule has 2 aromatic rings. The molecule has 0 N–H and O–H groups in total. The van der Waals surface area contributed by atoms with Crippen LogP contribution in [0.4, 0.5) is 5.69 Å². The fourth-order valence-corrected chi connectivity index (χ4v) is 4.20. The first kappa shape index (κ1) is 15.2. The highest BCUT2D eigenvalue weighted by Crippen LogP contribution is 2.42. The molecular weight excluding hydrogens is 376 g/mol. The number of anilines is 1. The minimum atomic E-state index is -0.0475. The lowest BCUT2D eigenvalue weighted by atomic mass is 10.1. The van der Waals surface area contributed by atoms with Crippen LogP contribution in [0, 0.1) is 0 Å². The molecule has 0 aromatic heterocycles.